The lowest BCUT2D eigenvalue weighted by Crippen LogP contribution is -2.49. The Morgan fingerprint density at radius 1 is 1.43 bits per heavy atom. The summed E-state index contributed by atoms with van der Waals surface area (Å²) in [6, 6.07) is -0.699. The fourth-order valence-electron chi connectivity index (χ4n) is 1.91. The van der Waals surface area contributed by atoms with Gasteiger partial charge in [-0.2, -0.15) is 0 Å². The fourth-order valence-corrected chi connectivity index (χ4v) is 2.48. The molecule has 0 bridgehead atoms. The number of aliphatic carboxylic acids is 1. The van der Waals surface area contributed by atoms with E-state index >= 15 is 0 Å². The van der Waals surface area contributed by atoms with Crippen LogP contribution in [0.25, 0.3) is 0 Å². The van der Waals surface area contributed by atoms with E-state index < -0.39 is 23.3 Å². The van der Waals surface area contributed by atoms with E-state index in [1.165, 1.54) is 13.1 Å². The summed E-state index contributed by atoms with van der Waals surface area (Å²) in [7, 11) is 0. The zero-order chi connectivity index (χ0) is 15.8. The van der Waals surface area contributed by atoms with Crippen molar-refractivity contribution in [3.8, 4) is 0 Å². The SMILES string of the molecule is CC1(C(=O)O)COCC1NC(=O)c1ncc(Cl)c(Cl)c1Cl. The molecular weight excluding hydrogens is 343 g/mol. The molecule has 0 spiro atoms. The van der Waals surface area contributed by atoms with E-state index in [2.05, 4.69) is 10.3 Å². The molecule has 2 heterocycles. The molecule has 2 atom stereocenters. The molecular formula is C12H11Cl3N2O4. The highest BCUT2D eigenvalue weighted by molar-refractivity contribution is 6.48. The van der Waals surface area contributed by atoms with Gasteiger partial charge in [-0.3, -0.25) is 9.59 Å². The van der Waals surface area contributed by atoms with Gasteiger partial charge in [-0.1, -0.05) is 34.8 Å². The third kappa shape index (κ3) is 2.94. The van der Waals surface area contributed by atoms with Crippen LogP contribution in [0.3, 0.4) is 0 Å². The van der Waals surface area contributed by atoms with Crippen LogP contribution in [-0.2, 0) is 9.53 Å². The maximum absolute atomic E-state index is 12.2. The van der Waals surface area contributed by atoms with E-state index in [4.69, 9.17) is 39.5 Å². The molecule has 1 aliphatic rings. The highest BCUT2D eigenvalue weighted by Gasteiger charge is 2.47. The largest absolute Gasteiger partial charge is 0.481 e. The Bertz CT molecular complexity index is 610. The summed E-state index contributed by atoms with van der Waals surface area (Å²) in [5.41, 5.74) is -1.33. The molecule has 1 amide bonds. The molecule has 1 fully saturated rings. The zero-order valence-corrected chi connectivity index (χ0v) is 13.1. The number of aromatic nitrogens is 1. The Hall–Kier alpha value is -1.08. The molecule has 1 aromatic rings. The zero-order valence-electron chi connectivity index (χ0n) is 10.8. The van der Waals surface area contributed by atoms with Gasteiger partial charge in [0.2, 0.25) is 0 Å². The predicted octanol–water partition coefficient (Wildman–Crippen LogP) is 2.26. The first kappa shape index (κ1) is 16.3. The van der Waals surface area contributed by atoms with Gasteiger partial charge in [0, 0.05) is 6.20 Å². The van der Waals surface area contributed by atoms with Gasteiger partial charge >= 0.3 is 5.97 Å². The van der Waals surface area contributed by atoms with E-state index in [0.29, 0.717) is 0 Å². The quantitative estimate of drug-likeness (QED) is 0.870. The Labute approximate surface area is 135 Å². The van der Waals surface area contributed by atoms with E-state index in [0.717, 1.165) is 0 Å². The van der Waals surface area contributed by atoms with E-state index in [9.17, 15) is 14.7 Å². The normalized spacial score (nSPS) is 24.9. The smallest absolute Gasteiger partial charge is 0.313 e. The summed E-state index contributed by atoms with van der Waals surface area (Å²) >= 11 is 17.5. The molecule has 2 N–H and O–H groups in total. The summed E-state index contributed by atoms with van der Waals surface area (Å²) in [5, 5.41) is 11.9. The number of halogens is 3. The Balaban J connectivity index is 2.23. The summed E-state index contributed by atoms with van der Waals surface area (Å²) in [6.07, 6.45) is 1.20. The van der Waals surface area contributed by atoms with Crippen molar-refractivity contribution in [2.45, 2.75) is 13.0 Å². The summed E-state index contributed by atoms with van der Waals surface area (Å²) < 4.78 is 5.15. The number of hydrogen-bond acceptors (Lipinski definition) is 4. The Kier molecular flexibility index (Phi) is 4.63. The van der Waals surface area contributed by atoms with E-state index in [1.807, 2.05) is 0 Å². The molecule has 0 saturated carbocycles. The third-order valence-corrected chi connectivity index (χ3v) is 4.62. The average Bonchev–Trinajstić information content (AvgIpc) is 2.79. The molecule has 9 heteroatoms. The lowest BCUT2D eigenvalue weighted by molar-refractivity contribution is -0.148. The number of carbonyl (C=O) groups excluding carboxylic acids is 1. The van der Waals surface area contributed by atoms with Gasteiger partial charge in [0.05, 0.1) is 34.3 Å². The van der Waals surface area contributed by atoms with E-state index in [1.54, 1.807) is 0 Å². The number of rotatable bonds is 3. The van der Waals surface area contributed by atoms with Crippen LogP contribution in [0.1, 0.15) is 17.4 Å². The molecule has 0 radical (unpaired) electrons. The first-order valence-electron chi connectivity index (χ1n) is 5.89. The fraction of sp³-hybridized carbons (Fsp3) is 0.417. The van der Waals surface area contributed by atoms with Crippen LogP contribution >= 0.6 is 34.8 Å². The van der Waals surface area contributed by atoms with Crippen molar-refractivity contribution in [3.63, 3.8) is 0 Å². The number of hydrogen-bond donors (Lipinski definition) is 2. The Morgan fingerprint density at radius 3 is 2.71 bits per heavy atom. The van der Waals surface area contributed by atoms with Gasteiger partial charge in [-0.25, -0.2) is 4.98 Å². The number of carboxylic acid groups (broad SMARTS) is 1. The predicted molar refractivity (Wildman–Crippen MR) is 77.1 cm³/mol. The molecule has 114 valence electrons. The van der Waals surface area contributed by atoms with Crippen LogP contribution in [0.15, 0.2) is 6.20 Å². The third-order valence-electron chi connectivity index (χ3n) is 3.38. The molecule has 1 aliphatic heterocycles. The summed E-state index contributed by atoms with van der Waals surface area (Å²) in [6.45, 7) is 1.60. The van der Waals surface area contributed by atoms with Gasteiger partial charge in [0.15, 0.2) is 0 Å². The number of nitrogens with zero attached hydrogens (tertiary/aromatic N) is 1. The Morgan fingerprint density at radius 2 is 2.10 bits per heavy atom. The maximum Gasteiger partial charge on any atom is 0.313 e. The highest BCUT2D eigenvalue weighted by atomic mass is 35.5. The van der Waals surface area contributed by atoms with Crippen LogP contribution in [0.5, 0.6) is 0 Å². The minimum Gasteiger partial charge on any atom is -0.481 e. The molecule has 1 aromatic heterocycles. The van der Waals surface area contributed by atoms with Crippen LogP contribution in [-0.4, -0.2) is 41.2 Å². The average molecular weight is 354 g/mol. The first-order chi connectivity index (χ1) is 9.77. The highest BCUT2D eigenvalue weighted by Crippen LogP contribution is 2.32. The van der Waals surface area contributed by atoms with Crippen molar-refractivity contribution < 1.29 is 19.4 Å². The lowest BCUT2D eigenvalue weighted by Gasteiger charge is -2.25. The topological polar surface area (TPSA) is 88.5 Å². The van der Waals surface area contributed by atoms with Crippen molar-refractivity contribution in [1.29, 1.82) is 0 Å². The van der Waals surface area contributed by atoms with Crippen LogP contribution in [0.2, 0.25) is 15.1 Å². The monoisotopic (exact) mass is 352 g/mol. The molecule has 2 rings (SSSR count). The molecule has 1 saturated heterocycles. The summed E-state index contributed by atoms with van der Waals surface area (Å²) in [4.78, 5) is 27.3. The number of amides is 1. The first-order valence-corrected chi connectivity index (χ1v) is 7.02. The summed E-state index contributed by atoms with van der Waals surface area (Å²) in [5.74, 6) is -1.69. The number of carboxylic acids is 1. The molecule has 21 heavy (non-hydrogen) atoms. The maximum atomic E-state index is 12.2. The number of carbonyl (C=O) groups is 2. The lowest BCUT2D eigenvalue weighted by atomic mass is 9.85. The molecule has 2 unspecified atom stereocenters. The minimum absolute atomic E-state index is 0.00974. The van der Waals surface area contributed by atoms with Crippen LogP contribution in [0.4, 0.5) is 0 Å². The standard InChI is InChI=1S/C12H11Cl3N2O4/c1-12(11(19)20)4-21-3-6(12)17-10(18)9-8(15)7(14)5(13)2-16-9/h2,6H,3-4H2,1H3,(H,17,18)(H,19,20). The molecule has 6 nitrogen and oxygen atoms in total. The van der Waals surface area contributed by atoms with Crippen molar-refractivity contribution in [1.82, 2.24) is 10.3 Å². The van der Waals surface area contributed by atoms with Gasteiger partial charge in [-0.15, -0.1) is 0 Å². The number of pyridine rings is 1. The van der Waals surface area contributed by atoms with Crippen molar-refractivity contribution in [2.75, 3.05) is 13.2 Å². The van der Waals surface area contributed by atoms with Gasteiger partial charge in [0.1, 0.15) is 11.1 Å². The second kappa shape index (κ2) is 5.96. The number of nitrogens with one attached hydrogen (secondary N) is 1. The van der Waals surface area contributed by atoms with Crippen molar-refractivity contribution in [2.24, 2.45) is 5.41 Å². The van der Waals surface area contributed by atoms with Gasteiger partial charge in [-0.05, 0) is 6.92 Å². The van der Waals surface area contributed by atoms with Crippen LogP contribution in [0, 0.1) is 5.41 Å². The van der Waals surface area contributed by atoms with Crippen molar-refractivity contribution in [3.05, 3.63) is 27.0 Å². The van der Waals surface area contributed by atoms with Crippen molar-refractivity contribution >= 4 is 46.7 Å². The molecule has 0 aliphatic carbocycles. The molecule has 0 aromatic carbocycles. The number of ether oxygens (including phenoxy) is 1. The van der Waals surface area contributed by atoms with E-state index in [-0.39, 0.29) is 34.0 Å². The minimum atomic E-state index is -1.21. The van der Waals surface area contributed by atoms with Gasteiger partial charge < -0.3 is 15.2 Å². The second-order valence-electron chi connectivity index (χ2n) is 4.85. The van der Waals surface area contributed by atoms with Crippen LogP contribution < -0.4 is 5.32 Å². The second-order valence-corrected chi connectivity index (χ2v) is 6.01. The van der Waals surface area contributed by atoms with Gasteiger partial charge in [0.25, 0.3) is 5.91 Å².